The van der Waals surface area contributed by atoms with Gasteiger partial charge in [-0.25, -0.2) is 0 Å². The average molecular weight is 268 g/mol. The van der Waals surface area contributed by atoms with Crippen molar-refractivity contribution in [2.45, 2.75) is 96.8 Å². The van der Waals surface area contributed by atoms with Gasteiger partial charge in [0.15, 0.2) is 0 Å². The summed E-state index contributed by atoms with van der Waals surface area (Å²) in [4.78, 5) is 0. The quantitative estimate of drug-likeness (QED) is 0.284. The van der Waals surface area contributed by atoms with Crippen LogP contribution in [0.25, 0.3) is 0 Å². The first-order valence-electron chi connectivity index (χ1n) is 8.67. The summed E-state index contributed by atoms with van der Waals surface area (Å²) in [6.45, 7) is 2.60. The van der Waals surface area contributed by atoms with Crippen LogP contribution >= 0.6 is 0 Å². The minimum absolute atomic E-state index is 0.322. The Morgan fingerprint density at radius 3 is 1.47 bits per heavy atom. The maximum absolute atomic E-state index is 8.64. The first-order valence-corrected chi connectivity index (χ1v) is 8.67. The molecule has 0 aromatic heterocycles. The van der Waals surface area contributed by atoms with Gasteiger partial charge in [-0.3, -0.25) is 0 Å². The molecule has 0 aromatic carbocycles. The zero-order chi connectivity index (χ0) is 14.0. The van der Waals surface area contributed by atoms with Crippen molar-refractivity contribution >= 4 is 0 Å². The van der Waals surface area contributed by atoms with E-state index in [-0.39, 0.29) is 0 Å². The van der Waals surface area contributed by atoms with E-state index >= 15 is 0 Å². The van der Waals surface area contributed by atoms with Gasteiger partial charge in [-0.2, -0.15) is 0 Å². The van der Waals surface area contributed by atoms with E-state index in [4.69, 9.17) is 5.11 Å². The van der Waals surface area contributed by atoms with Crippen LogP contribution < -0.4 is 0 Å². The molecule has 0 aliphatic rings. The second-order valence-corrected chi connectivity index (χ2v) is 5.66. The van der Waals surface area contributed by atoms with E-state index in [1.165, 1.54) is 77.0 Å². The van der Waals surface area contributed by atoms with Crippen LogP contribution in [0.3, 0.4) is 0 Å². The predicted molar refractivity (Wildman–Crippen MR) is 86.5 cm³/mol. The van der Waals surface area contributed by atoms with Crippen LogP contribution in [0.1, 0.15) is 96.8 Å². The summed E-state index contributed by atoms with van der Waals surface area (Å²) in [5.74, 6) is 0. The fourth-order valence-corrected chi connectivity index (χ4v) is 2.37. The molecular formula is C18H36O. The molecular weight excluding hydrogens is 232 g/mol. The molecule has 0 atom stereocenters. The molecule has 0 radical (unpaired) electrons. The number of hydrogen-bond donors (Lipinski definition) is 1. The highest BCUT2D eigenvalue weighted by molar-refractivity contribution is 4.81. The van der Waals surface area contributed by atoms with Crippen molar-refractivity contribution in [1.29, 1.82) is 0 Å². The lowest BCUT2D eigenvalue weighted by atomic mass is 10.1. The van der Waals surface area contributed by atoms with E-state index in [9.17, 15) is 0 Å². The number of allylic oxidation sites excluding steroid dienone is 2. The maximum Gasteiger partial charge on any atom is 0.0433 e. The largest absolute Gasteiger partial charge is 0.396 e. The molecule has 0 amide bonds. The topological polar surface area (TPSA) is 20.2 Å². The van der Waals surface area contributed by atoms with Crippen LogP contribution in [0.5, 0.6) is 0 Å². The molecule has 1 heteroatoms. The van der Waals surface area contributed by atoms with Crippen molar-refractivity contribution in [3.63, 3.8) is 0 Å². The van der Waals surface area contributed by atoms with Crippen LogP contribution in [-0.4, -0.2) is 11.7 Å². The monoisotopic (exact) mass is 268 g/mol. The Hall–Kier alpha value is -0.300. The van der Waals surface area contributed by atoms with Crippen molar-refractivity contribution in [3.05, 3.63) is 12.2 Å². The summed E-state index contributed by atoms with van der Waals surface area (Å²) in [6, 6.07) is 0. The van der Waals surface area contributed by atoms with E-state index < -0.39 is 0 Å². The van der Waals surface area contributed by atoms with Crippen molar-refractivity contribution in [3.8, 4) is 0 Å². The van der Waals surface area contributed by atoms with Gasteiger partial charge in [-0.05, 0) is 25.7 Å². The first-order chi connectivity index (χ1) is 9.41. The van der Waals surface area contributed by atoms with Gasteiger partial charge in [0.05, 0.1) is 0 Å². The molecule has 0 spiro atoms. The normalized spacial score (nSPS) is 11.5. The number of aliphatic hydroxyl groups excluding tert-OH is 1. The molecule has 0 aliphatic heterocycles. The minimum Gasteiger partial charge on any atom is -0.396 e. The zero-order valence-corrected chi connectivity index (χ0v) is 13.2. The molecule has 0 saturated heterocycles. The van der Waals surface area contributed by atoms with Gasteiger partial charge in [-0.15, -0.1) is 0 Å². The summed E-state index contributed by atoms with van der Waals surface area (Å²) in [5.41, 5.74) is 0. The highest BCUT2D eigenvalue weighted by atomic mass is 16.2. The Kier molecular flexibility index (Phi) is 17.4. The van der Waals surface area contributed by atoms with Crippen LogP contribution in [0.15, 0.2) is 12.2 Å². The highest BCUT2D eigenvalue weighted by Gasteiger charge is 1.92. The van der Waals surface area contributed by atoms with Crippen molar-refractivity contribution in [1.82, 2.24) is 0 Å². The summed E-state index contributed by atoms with van der Waals surface area (Å²) in [6.07, 6.45) is 23.3. The second kappa shape index (κ2) is 17.7. The average Bonchev–Trinajstić information content (AvgIpc) is 2.43. The minimum atomic E-state index is 0.322. The molecule has 0 rings (SSSR count). The van der Waals surface area contributed by atoms with Gasteiger partial charge < -0.3 is 5.11 Å². The highest BCUT2D eigenvalue weighted by Crippen LogP contribution is 2.12. The molecule has 0 fully saturated rings. The van der Waals surface area contributed by atoms with Crippen LogP contribution in [0.2, 0.25) is 0 Å². The Morgan fingerprint density at radius 1 is 0.579 bits per heavy atom. The van der Waals surface area contributed by atoms with E-state index in [2.05, 4.69) is 19.1 Å². The Balaban J connectivity index is 2.97. The Bertz CT molecular complexity index is 175. The van der Waals surface area contributed by atoms with Gasteiger partial charge in [-0.1, -0.05) is 83.3 Å². The van der Waals surface area contributed by atoms with Crippen LogP contribution in [0.4, 0.5) is 0 Å². The van der Waals surface area contributed by atoms with Gasteiger partial charge >= 0.3 is 0 Å². The van der Waals surface area contributed by atoms with Gasteiger partial charge in [0.2, 0.25) is 0 Å². The summed E-state index contributed by atoms with van der Waals surface area (Å²) < 4.78 is 0. The number of rotatable bonds is 15. The smallest absolute Gasteiger partial charge is 0.0433 e. The fraction of sp³-hybridized carbons (Fsp3) is 0.889. The van der Waals surface area contributed by atoms with Gasteiger partial charge in [0.1, 0.15) is 0 Å². The third kappa shape index (κ3) is 17.7. The fourth-order valence-electron chi connectivity index (χ4n) is 2.37. The predicted octanol–water partition coefficient (Wildman–Crippen LogP) is 6.02. The maximum atomic E-state index is 8.64. The van der Waals surface area contributed by atoms with Crippen molar-refractivity contribution in [2.75, 3.05) is 6.61 Å². The molecule has 0 aliphatic carbocycles. The lowest BCUT2D eigenvalue weighted by Crippen LogP contribution is -1.82. The second-order valence-electron chi connectivity index (χ2n) is 5.66. The molecule has 0 unspecified atom stereocenters. The molecule has 0 aromatic rings. The summed E-state index contributed by atoms with van der Waals surface area (Å²) >= 11 is 0. The zero-order valence-electron chi connectivity index (χ0n) is 13.2. The lowest BCUT2D eigenvalue weighted by molar-refractivity contribution is 0.289. The van der Waals surface area contributed by atoms with E-state index in [0.29, 0.717) is 6.61 Å². The van der Waals surface area contributed by atoms with Crippen molar-refractivity contribution in [2.24, 2.45) is 0 Å². The molecule has 0 heterocycles. The summed E-state index contributed by atoms with van der Waals surface area (Å²) in [5, 5.41) is 8.64. The van der Waals surface area contributed by atoms with E-state index in [1.54, 1.807) is 0 Å². The SMILES string of the molecule is CCCCCCCCCCCCC/C=C\CCCO. The summed E-state index contributed by atoms with van der Waals surface area (Å²) in [7, 11) is 0. The molecule has 0 saturated carbocycles. The lowest BCUT2D eigenvalue weighted by Gasteiger charge is -2.01. The van der Waals surface area contributed by atoms with Crippen LogP contribution in [-0.2, 0) is 0 Å². The molecule has 1 nitrogen and oxygen atoms in total. The molecule has 1 N–H and O–H groups in total. The number of aliphatic hydroxyl groups is 1. The molecule has 114 valence electrons. The molecule has 19 heavy (non-hydrogen) atoms. The number of hydrogen-bond acceptors (Lipinski definition) is 1. The van der Waals surface area contributed by atoms with Crippen LogP contribution in [0, 0.1) is 0 Å². The first kappa shape index (κ1) is 18.7. The van der Waals surface area contributed by atoms with E-state index in [0.717, 1.165) is 12.8 Å². The third-order valence-corrected chi connectivity index (χ3v) is 3.67. The number of unbranched alkanes of at least 4 members (excludes halogenated alkanes) is 12. The van der Waals surface area contributed by atoms with Crippen molar-refractivity contribution < 1.29 is 5.11 Å². The Labute approximate surface area is 121 Å². The third-order valence-electron chi connectivity index (χ3n) is 3.67. The Morgan fingerprint density at radius 2 is 1.00 bits per heavy atom. The standard InChI is InChI=1S/C18H36O/c1-2-3-4-5-6-7-8-9-10-11-12-13-14-15-16-17-18-19/h14-15,19H,2-13,16-18H2,1H3/b15-14-. The molecule has 0 bridgehead atoms. The van der Waals surface area contributed by atoms with E-state index in [1.807, 2.05) is 0 Å². The van der Waals surface area contributed by atoms with Gasteiger partial charge in [0, 0.05) is 6.61 Å². The van der Waals surface area contributed by atoms with Gasteiger partial charge in [0.25, 0.3) is 0 Å².